The Morgan fingerprint density at radius 1 is 1.00 bits per heavy atom. The molecular weight excluding hydrogens is 394 g/mol. The molecule has 0 amide bonds. The average Bonchev–Trinajstić information content (AvgIpc) is 2.77. The van der Waals surface area contributed by atoms with Gasteiger partial charge in [-0.15, -0.1) is 0 Å². The first-order valence-electron chi connectivity index (χ1n) is 9.52. The number of nitrogens with one attached hydrogen (secondary N) is 1. The summed E-state index contributed by atoms with van der Waals surface area (Å²) in [5.74, 6) is -0.553. The highest BCUT2D eigenvalue weighted by molar-refractivity contribution is 5.87. The Morgan fingerprint density at radius 2 is 1.77 bits per heavy atom. The van der Waals surface area contributed by atoms with Gasteiger partial charge < -0.3 is 20.0 Å². The second-order valence-electron chi connectivity index (χ2n) is 6.85. The van der Waals surface area contributed by atoms with Crippen LogP contribution in [0.1, 0.15) is 15.9 Å². The first-order valence-corrected chi connectivity index (χ1v) is 9.52. The third-order valence-electron chi connectivity index (χ3n) is 4.53. The van der Waals surface area contributed by atoms with Crippen molar-refractivity contribution in [3.05, 3.63) is 107 Å². The van der Waals surface area contributed by atoms with E-state index in [2.05, 4.69) is 10.4 Å². The summed E-state index contributed by atoms with van der Waals surface area (Å²) in [6, 6.07) is 22.4. The van der Waals surface area contributed by atoms with Gasteiger partial charge in [-0.05, 0) is 54.4 Å². The number of ether oxygens (including phenoxy) is 1. The van der Waals surface area contributed by atoms with Crippen molar-refractivity contribution in [2.75, 3.05) is 5.32 Å². The van der Waals surface area contributed by atoms with Crippen LogP contribution in [0.15, 0.2) is 89.9 Å². The van der Waals surface area contributed by atoms with Gasteiger partial charge in [0.1, 0.15) is 5.75 Å². The van der Waals surface area contributed by atoms with Crippen LogP contribution in [-0.4, -0.2) is 15.7 Å². The van der Waals surface area contributed by atoms with Crippen LogP contribution in [0.2, 0.25) is 0 Å². The van der Waals surface area contributed by atoms with E-state index in [0.717, 1.165) is 5.56 Å². The number of benzene rings is 3. The van der Waals surface area contributed by atoms with Crippen molar-refractivity contribution < 1.29 is 14.6 Å². The molecule has 1 heterocycles. The SMILES string of the molecule is Cc1cccc(Oc2cnn(-c3ccccc3)c(=O)c2Nc2cccc(C(=O)[O-])c2)c1. The van der Waals surface area contributed by atoms with E-state index in [1.807, 2.05) is 31.2 Å². The van der Waals surface area contributed by atoms with E-state index in [0.29, 0.717) is 17.1 Å². The van der Waals surface area contributed by atoms with Gasteiger partial charge in [0, 0.05) is 5.69 Å². The van der Waals surface area contributed by atoms with Gasteiger partial charge in [-0.2, -0.15) is 9.78 Å². The first-order chi connectivity index (χ1) is 15.0. The van der Waals surface area contributed by atoms with Gasteiger partial charge in [0.05, 0.1) is 17.9 Å². The van der Waals surface area contributed by atoms with Crippen molar-refractivity contribution >= 4 is 17.3 Å². The predicted octanol–water partition coefficient (Wildman–Crippen LogP) is 3.44. The van der Waals surface area contributed by atoms with E-state index in [1.54, 1.807) is 42.5 Å². The van der Waals surface area contributed by atoms with Crippen LogP contribution >= 0.6 is 0 Å². The lowest BCUT2D eigenvalue weighted by Crippen LogP contribution is -2.24. The van der Waals surface area contributed by atoms with Gasteiger partial charge in [-0.25, -0.2) is 0 Å². The van der Waals surface area contributed by atoms with Crippen LogP contribution in [0.5, 0.6) is 11.5 Å². The second-order valence-corrected chi connectivity index (χ2v) is 6.85. The van der Waals surface area contributed by atoms with Gasteiger partial charge >= 0.3 is 0 Å². The van der Waals surface area contributed by atoms with Crippen LogP contribution < -0.4 is 20.7 Å². The fourth-order valence-electron chi connectivity index (χ4n) is 3.06. The van der Waals surface area contributed by atoms with E-state index in [4.69, 9.17) is 4.74 Å². The van der Waals surface area contributed by atoms with Gasteiger partial charge in [0.25, 0.3) is 5.56 Å². The number of nitrogens with zero attached hydrogens (tertiary/aromatic N) is 2. The lowest BCUT2D eigenvalue weighted by molar-refractivity contribution is -0.255. The highest BCUT2D eigenvalue weighted by Gasteiger charge is 2.15. The van der Waals surface area contributed by atoms with Crippen molar-refractivity contribution in [3.63, 3.8) is 0 Å². The number of aryl methyl sites for hydroxylation is 1. The first kappa shape index (κ1) is 19.9. The Bertz CT molecular complexity index is 1300. The number of para-hydroxylation sites is 1. The van der Waals surface area contributed by atoms with Gasteiger partial charge in [-0.3, -0.25) is 4.79 Å². The number of carboxylic acids is 1. The number of carbonyl (C=O) groups excluding carboxylic acids is 1. The van der Waals surface area contributed by atoms with Crippen molar-refractivity contribution in [2.24, 2.45) is 0 Å². The molecule has 4 rings (SSSR count). The summed E-state index contributed by atoms with van der Waals surface area (Å²) in [6.45, 7) is 1.93. The molecule has 0 aliphatic carbocycles. The number of aromatic nitrogens is 2. The fraction of sp³-hybridized carbons (Fsp3) is 0.0417. The normalized spacial score (nSPS) is 10.5. The number of hydrogen-bond donors (Lipinski definition) is 1. The lowest BCUT2D eigenvalue weighted by Gasteiger charge is -2.15. The summed E-state index contributed by atoms with van der Waals surface area (Å²) in [6.07, 6.45) is 1.45. The minimum atomic E-state index is -1.31. The molecule has 0 aliphatic heterocycles. The Morgan fingerprint density at radius 3 is 2.52 bits per heavy atom. The highest BCUT2D eigenvalue weighted by atomic mass is 16.5. The molecule has 0 atom stereocenters. The molecule has 154 valence electrons. The number of rotatable bonds is 6. The van der Waals surface area contributed by atoms with Gasteiger partial charge in [0.2, 0.25) is 0 Å². The second kappa shape index (κ2) is 8.54. The molecule has 7 nitrogen and oxygen atoms in total. The van der Waals surface area contributed by atoms with Crippen molar-refractivity contribution in [2.45, 2.75) is 6.92 Å². The molecule has 1 N–H and O–H groups in total. The lowest BCUT2D eigenvalue weighted by atomic mass is 10.2. The van der Waals surface area contributed by atoms with E-state index < -0.39 is 11.5 Å². The minimum Gasteiger partial charge on any atom is -0.545 e. The maximum absolute atomic E-state index is 13.3. The molecule has 0 bridgehead atoms. The van der Waals surface area contributed by atoms with E-state index in [9.17, 15) is 14.7 Å². The van der Waals surface area contributed by atoms with E-state index in [1.165, 1.54) is 23.0 Å². The van der Waals surface area contributed by atoms with E-state index >= 15 is 0 Å². The van der Waals surface area contributed by atoms with Crippen molar-refractivity contribution in [1.82, 2.24) is 9.78 Å². The molecule has 0 saturated heterocycles. The molecule has 7 heteroatoms. The topological polar surface area (TPSA) is 96.3 Å². The Kier molecular flexibility index (Phi) is 5.49. The summed E-state index contributed by atoms with van der Waals surface area (Å²) >= 11 is 0. The molecule has 0 fully saturated rings. The standard InChI is InChI=1S/C24H19N3O4/c1-16-7-5-12-20(13-16)31-21-15-25-27(19-10-3-2-4-11-19)23(28)22(21)26-18-9-6-8-17(14-18)24(29)30/h2-15,26H,1H3,(H,29,30)/p-1. The molecular formula is C24H18N3O4-. The number of aromatic carboxylic acids is 1. The molecule has 0 unspecified atom stereocenters. The largest absolute Gasteiger partial charge is 0.545 e. The molecule has 0 radical (unpaired) electrons. The molecule has 4 aromatic rings. The van der Waals surface area contributed by atoms with Crippen molar-refractivity contribution in [3.8, 4) is 17.2 Å². The molecule has 0 spiro atoms. The van der Waals surface area contributed by atoms with Gasteiger partial charge in [-0.1, -0.05) is 42.5 Å². The summed E-state index contributed by atoms with van der Waals surface area (Å²) in [5, 5.41) is 18.5. The van der Waals surface area contributed by atoms with Gasteiger partial charge in [0.15, 0.2) is 11.4 Å². The Hall–Kier alpha value is -4.39. The fourth-order valence-corrected chi connectivity index (χ4v) is 3.06. The van der Waals surface area contributed by atoms with Crippen molar-refractivity contribution in [1.29, 1.82) is 0 Å². The molecule has 1 aromatic heterocycles. The third kappa shape index (κ3) is 4.45. The monoisotopic (exact) mass is 412 g/mol. The number of hydrogen-bond acceptors (Lipinski definition) is 6. The molecule has 0 saturated carbocycles. The Balaban J connectivity index is 1.81. The van der Waals surface area contributed by atoms with Crippen LogP contribution in [0.25, 0.3) is 5.69 Å². The number of carbonyl (C=O) groups is 1. The Labute approximate surface area is 178 Å². The summed E-state index contributed by atoms with van der Waals surface area (Å²) in [7, 11) is 0. The third-order valence-corrected chi connectivity index (χ3v) is 4.53. The molecule has 3 aromatic carbocycles. The zero-order valence-electron chi connectivity index (χ0n) is 16.6. The summed E-state index contributed by atoms with van der Waals surface area (Å²) < 4.78 is 7.19. The summed E-state index contributed by atoms with van der Waals surface area (Å²) in [5.41, 5.74) is 1.65. The van der Waals surface area contributed by atoms with Crippen LogP contribution in [0, 0.1) is 6.92 Å². The van der Waals surface area contributed by atoms with E-state index in [-0.39, 0.29) is 17.0 Å². The number of carboxylic acid groups (broad SMARTS) is 1. The predicted molar refractivity (Wildman–Crippen MR) is 115 cm³/mol. The quantitative estimate of drug-likeness (QED) is 0.521. The summed E-state index contributed by atoms with van der Waals surface area (Å²) in [4.78, 5) is 24.5. The average molecular weight is 412 g/mol. The zero-order chi connectivity index (χ0) is 21.8. The molecule has 0 aliphatic rings. The van der Waals surface area contributed by atoms with Crippen LogP contribution in [0.4, 0.5) is 11.4 Å². The minimum absolute atomic E-state index is 0.0106. The smallest absolute Gasteiger partial charge is 0.299 e. The maximum atomic E-state index is 13.3. The van der Waals surface area contributed by atoms with Crippen LogP contribution in [-0.2, 0) is 0 Å². The number of anilines is 2. The zero-order valence-corrected chi connectivity index (χ0v) is 16.6. The van der Waals surface area contributed by atoms with Crippen LogP contribution in [0.3, 0.4) is 0 Å². The molecule has 31 heavy (non-hydrogen) atoms. The maximum Gasteiger partial charge on any atom is 0.299 e. The highest BCUT2D eigenvalue weighted by Crippen LogP contribution is 2.29.